The third-order valence-corrected chi connectivity index (χ3v) is 4.27. The molecule has 1 heterocycles. The highest BCUT2D eigenvalue weighted by molar-refractivity contribution is 14.0. The Morgan fingerprint density at radius 1 is 1.19 bits per heavy atom. The number of nitrogens with zero attached hydrogens (tertiary/aromatic N) is 1. The average Bonchev–Trinajstić information content (AvgIpc) is 2.94. The highest BCUT2D eigenvalue weighted by atomic mass is 127. The van der Waals surface area contributed by atoms with E-state index >= 15 is 0 Å². The van der Waals surface area contributed by atoms with Crippen molar-refractivity contribution in [2.75, 3.05) is 27.3 Å². The van der Waals surface area contributed by atoms with Crippen LogP contribution in [0.1, 0.15) is 35.9 Å². The second-order valence-corrected chi connectivity index (χ2v) is 5.88. The van der Waals surface area contributed by atoms with E-state index in [2.05, 4.69) is 34.7 Å². The van der Waals surface area contributed by atoms with Crippen LogP contribution in [-0.2, 0) is 17.7 Å². The van der Waals surface area contributed by atoms with Gasteiger partial charge in [0.2, 0.25) is 0 Å². The summed E-state index contributed by atoms with van der Waals surface area (Å²) in [6.45, 7) is 4.83. The number of hydrogen-bond acceptors (Lipinski definition) is 3. The van der Waals surface area contributed by atoms with Gasteiger partial charge in [0, 0.05) is 37.1 Å². The highest BCUT2D eigenvalue weighted by Gasteiger charge is 2.01. The summed E-state index contributed by atoms with van der Waals surface area (Å²) in [7, 11) is 3.56. The summed E-state index contributed by atoms with van der Waals surface area (Å²) in [5.41, 5.74) is 0. The molecule has 6 heteroatoms. The lowest BCUT2D eigenvalue weighted by Crippen LogP contribution is -2.37. The number of methoxy groups -OCH3 is 1. The van der Waals surface area contributed by atoms with Crippen LogP contribution in [0.5, 0.6) is 0 Å². The number of unbranched alkanes of at least 4 members (excludes halogenated alkanes) is 2. The Kier molecular flexibility index (Phi) is 13.1. The zero-order valence-electron chi connectivity index (χ0n) is 13.3. The number of nitrogens with one attached hydrogen (secondary N) is 2. The van der Waals surface area contributed by atoms with Crippen molar-refractivity contribution in [1.82, 2.24) is 10.6 Å². The van der Waals surface area contributed by atoms with Crippen LogP contribution in [0.15, 0.2) is 17.1 Å². The SMILES string of the molecule is CCc1ccc(CNC(=NC)NCCCCCOC)s1.I. The number of aryl methyl sites for hydroxylation is 1. The van der Waals surface area contributed by atoms with Crippen molar-refractivity contribution >= 4 is 41.3 Å². The van der Waals surface area contributed by atoms with Gasteiger partial charge in [-0.25, -0.2) is 0 Å². The van der Waals surface area contributed by atoms with Gasteiger partial charge in [0.1, 0.15) is 0 Å². The van der Waals surface area contributed by atoms with Gasteiger partial charge in [-0.1, -0.05) is 6.92 Å². The average molecular weight is 425 g/mol. The molecule has 1 aromatic rings. The Morgan fingerprint density at radius 2 is 1.95 bits per heavy atom. The zero-order chi connectivity index (χ0) is 14.6. The molecule has 122 valence electrons. The fourth-order valence-electron chi connectivity index (χ4n) is 1.85. The Morgan fingerprint density at radius 3 is 2.57 bits per heavy atom. The second kappa shape index (κ2) is 13.3. The first-order valence-electron chi connectivity index (χ1n) is 7.31. The molecule has 0 aliphatic rings. The first-order chi connectivity index (χ1) is 9.80. The molecular formula is C15H28IN3OS. The molecule has 2 N–H and O–H groups in total. The van der Waals surface area contributed by atoms with E-state index < -0.39 is 0 Å². The van der Waals surface area contributed by atoms with Crippen LogP contribution < -0.4 is 10.6 Å². The summed E-state index contributed by atoms with van der Waals surface area (Å²) in [5, 5.41) is 6.69. The summed E-state index contributed by atoms with van der Waals surface area (Å²) in [4.78, 5) is 7.02. The van der Waals surface area contributed by atoms with E-state index in [-0.39, 0.29) is 24.0 Å². The van der Waals surface area contributed by atoms with E-state index in [4.69, 9.17) is 4.74 Å². The normalized spacial score (nSPS) is 11.1. The monoisotopic (exact) mass is 425 g/mol. The lowest BCUT2D eigenvalue weighted by Gasteiger charge is -2.11. The van der Waals surface area contributed by atoms with E-state index in [0.717, 1.165) is 44.9 Å². The predicted octanol–water partition coefficient (Wildman–Crippen LogP) is 3.41. The third kappa shape index (κ3) is 9.31. The molecule has 0 saturated heterocycles. The van der Waals surface area contributed by atoms with E-state index in [1.807, 2.05) is 18.4 Å². The summed E-state index contributed by atoms with van der Waals surface area (Å²) < 4.78 is 5.03. The number of halogens is 1. The minimum Gasteiger partial charge on any atom is -0.385 e. The van der Waals surface area contributed by atoms with E-state index in [9.17, 15) is 0 Å². The van der Waals surface area contributed by atoms with E-state index in [0.29, 0.717) is 0 Å². The number of hydrogen-bond donors (Lipinski definition) is 2. The van der Waals surface area contributed by atoms with Crippen molar-refractivity contribution in [2.45, 2.75) is 39.2 Å². The van der Waals surface area contributed by atoms with E-state index in [1.54, 1.807) is 7.11 Å². The Hall–Kier alpha value is -0.340. The van der Waals surface area contributed by atoms with Crippen LogP contribution in [-0.4, -0.2) is 33.3 Å². The summed E-state index contributed by atoms with van der Waals surface area (Å²) in [6.07, 6.45) is 4.56. The first kappa shape index (κ1) is 20.7. The smallest absolute Gasteiger partial charge is 0.191 e. The van der Waals surface area contributed by atoms with Crippen LogP contribution in [0.2, 0.25) is 0 Å². The molecule has 1 rings (SSSR count). The van der Waals surface area contributed by atoms with Crippen LogP contribution in [0.4, 0.5) is 0 Å². The highest BCUT2D eigenvalue weighted by Crippen LogP contribution is 2.16. The maximum atomic E-state index is 5.03. The van der Waals surface area contributed by atoms with Crippen molar-refractivity contribution in [3.8, 4) is 0 Å². The Labute approximate surface area is 149 Å². The zero-order valence-corrected chi connectivity index (χ0v) is 16.4. The van der Waals surface area contributed by atoms with Gasteiger partial charge in [-0.05, 0) is 37.8 Å². The van der Waals surface area contributed by atoms with Gasteiger partial charge in [-0.15, -0.1) is 35.3 Å². The molecule has 4 nitrogen and oxygen atoms in total. The minimum absolute atomic E-state index is 0. The molecule has 0 amide bonds. The molecule has 0 bridgehead atoms. The number of ether oxygens (including phenoxy) is 1. The van der Waals surface area contributed by atoms with Crippen LogP contribution >= 0.6 is 35.3 Å². The summed E-state index contributed by atoms with van der Waals surface area (Å²) >= 11 is 1.86. The maximum absolute atomic E-state index is 5.03. The van der Waals surface area contributed by atoms with Crippen molar-refractivity contribution in [3.05, 3.63) is 21.9 Å². The Balaban J connectivity index is 0.00000400. The summed E-state index contributed by atoms with van der Waals surface area (Å²) in [6, 6.07) is 4.39. The predicted molar refractivity (Wildman–Crippen MR) is 103 cm³/mol. The standard InChI is InChI=1S/C15H27N3OS.HI/c1-4-13-8-9-14(20-13)12-18-15(16-2)17-10-6-5-7-11-19-3;/h8-9H,4-7,10-12H2,1-3H3,(H2,16,17,18);1H. The Bertz CT molecular complexity index is 396. The first-order valence-corrected chi connectivity index (χ1v) is 8.12. The van der Waals surface area contributed by atoms with E-state index in [1.165, 1.54) is 16.2 Å². The molecular weight excluding hydrogens is 397 g/mol. The molecule has 0 aliphatic heterocycles. The van der Waals surface area contributed by atoms with Crippen LogP contribution in [0.25, 0.3) is 0 Å². The molecule has 0 saturated carbocycles. The topological polar surface area (TPSA) is 45.7 Å². The summed E-state index contributed by atoms with van der Waals surface area (Å²) in [5.74, 6) is 0.878. The van der Waals surface area contributed by atoms with Crippen molar-refractivity contribution in [2.24, 2.45) is 4.99 Å². The van der Waals surface area contributed by atoms with Gasteiger partial charge in [0.05, 0.1) is 6.54 Å². The van der Waals surface area contributed by atoms with Crippen LogP contribution in [0.3, 0.4) is 0 Å². The number of rotatable bonds is 9. The molecule has 0 radical (unpaired) electrons. The second-order valence-electron chi connectivity index (χ2n) is 4.63. The molecule has 1 aromatic heterocycles. The van der Waals surface area contributed by atoms with Crippen molar-refractivity contribution < 1.29 is 4.74 Å². The molecule has 0 aliphatic carbocycles. The molecule has 0 atom stereocenters. The fraction of sp³-hybridized carbons (Fsp3) is 0.667. The van der Waals surface area contributed by atoms with Gasteiger partial charge < -0.3 is 15.4 Å². The van der Waals surface area contributed by atoms with Gasteiger partial charge >= 0.3 is 0 Å². The van der Waals surface area contributed by atoms with Gasteiger partial charge in [-0.2, -0.15) is 0 Å². The number of guanidine groups is 1. The number of thiophene rings is 1. The molecule has 0 unspecified atom stereocenters. The lowest BCUT2D eigenvalue weighted by molar-refractivity contribution is 0.192. The fourth-order valence-corrected chi connectivity index (χ4v) is 2.75. The lowest BCUT2D eigenvalue weighted by atomic mass is 10.2. The van der Waals surface area contributed by atoms with Crippen molar-refractivity contribution in [1.29, 1.82) is 0 Å². The maximum Gasteiger partial charge on any atom is 0.191 e. The van der Waals surface area contributed by atoms with Crippen molar-refractivity contribution in [3.63, 3.8) is 0 Å². The molecule has 21 heavy (non-hydrogen) atoms. The number of aliphatic imine (C=N–C) groups is 1. The van der Waals surface area contributed by atoms with Gasteiger partial charge in [-0.3, -0.25) is 4.99 Å². The van der Waals surface area contributed by atoms with Gasteiger partial charge in [0.25, 0.3) is 0 Å². The third-order valence-electron chi connectivity index (χ3n) is 3.04. The molecule has 0 fully saturated rings. The quantitative estimate of drug-likeness (QED) is 0.276. The van der Waals surface area contributed by atoms with Gasteiger partial charge in [0.15, 0.2) is 5.96 Å². The minimum atomic E-state index is 0. The largest absolute Gasteiger partial charge is 0.385 e. The molecule has 0 aromatic carbocycles. The molecule has 0 spiro atoms. The van der Waals surface area contributed by atoms with Crippen LogP contribution in [0, 0.1) is 0 Å².